The first-order valence-corrected chi connectivity index (χ1v) is 8.70. The Morgan fingerprint density at radius 3 is 2.00 bits per heavy atom. The first-order valence-electron chi connectivity index (χ1n) is 8.70. The average Bonchev–Trinajstić information content (AvgIpc) is 3.05. The fourth-order valence-corrected chi connectivity index (χ4v) is 3.23. The van der Waals surface area contributed by atoms with E-state index in [9.17, 15) is 9.59 Å². The largest absolute Gasteiger partial charge is 0.456 e. The van der Waals surface area contributed by atoms with E-state index in [4.69, 9.17) is 9.47 Å². The molecular formula is C18H32O4. The first-order chi connectivity index (χ1) is 10.3. The SMILES string of the molecule is CCC(C)(C)C(=O)OCC(=O)OC(CC)(CC)C1CCCC1. The van der Waals surface area contributed by atoms with Crippen LogP contribution in [0.3, 0.4) is 0 Å². The van der Waals surface area contributed by atoms with Crippen LogP contribution in [-0.4, -0.2) is 24.1 Å². The van der Waals surface area contributed by atoms with Gasteiger partial charge in [0, 0.05) is 0 Å². The molecule has 0 aromatic carbocycles. The molecule has 4 heteroatoms. The molecule has 0 unspecified atom stereocenters. The summed E-state index contributed by atoms with van der Waals surface area (Å²) < 4.78 is 10.9. The third kappa shape index (κ3) is 4.47. The average molecular weight is 312 g/mol. The summed E-state index contributed by atoms with van der Waals surface area (Å²) in [6.45, 7) is 9.43. The maximum Gasteiger partial charge on any atom is 0.344 e. The van der Waals surface area contributed by atoms with E-state index in [0.717, 1.165) is 25.7 Å². The lowest BCUT2D eigenvalue weighted by Crippen LogP contribution is -2.42. The van der Waals surface area contributed by atoms with Gasteiger partial charge in [-0.2, -0.15) is 0 Å². The van der Waals surface area contributed by atoms with Crippen molar-refractivity contribution in [2.24, 2.45) is 11.3 Å². The highest BCUT2D eigenvalue weighted by Gasteiger charge is 2.41. The third-order valence-corrected chi connectivity index (χ3v) is 5.37. The molecule has 0 bridgehead atoms. The molecule has 0 radical (unpaired) electrons. The predicted molar refractivity (Wildman–Crippen MR) is 86.4 cm³/mol. The Morgan fingerprint density at radius 1 is 1.00 bits per heavy atom. The number of carbonyl (C=O) groups excluding carboxylic acids is 2. The van der Waals surface area contributed by atoms with Gasteiger partial charge in [0.15, 0.2) is 6.61 Å². The Kier molecular flexibility index (Phi) is 6.89. The van der Waals surface area contributed by atoms with Crippen molar-refractivity contribution < 1.29 is 19.1 Å². The highest BCUT2D eigenvalue weighted by atomic mass is 16.6. The van der Waals surface area contributed by atoms with Gasteiger partial charge in [0.25, 0.3) is 0 Å². The van der Waals surface area contributed by atoms with Crippen LogP contribution in [-0.2, 0) is 19.1 Å². The van der Waals surface area contributed by atoms with E-state index in [1.165, 1.54) is 12.8 Å². The Morgan fingerprint density at radius 2 is 1.55 bits per heavy atom. The van der Waals surface area contributed by atoms with Gasteiger partial charge in [-0.15, -0.1) is 0 Å². The third-order valence-electron chi connectivity index (χ3n) is 5.37. The van der Waals surface area contributed by atoms with Crippen molar-refractivity contribution in [1.29, 1.82) is 0 Å². The van der Waals surface area contributed by atoms with Crippen molar-refractivity contribution in [3.63, 3.8) is 0 Å². The smallest absolute Gasteiger partial charge is 0.344 e. The normalized spacial score (nSPS) is 16.6. The van der Waals surface area contributed by atoms with E-state index in [0.29, 0.717) is 12.3 Å². The monoisotopic (exact) mass is 312 g/mol. The van der Waals surface area contributed by atoms with Crippen LogP contribution in [0, 0.1) is 11.3 Å². The van der Waals surface area contributed by atoms with Gasteiger partial charge in [-0.25, -0.2) is 4.79 Å². The van der Waals surface area contributed by atoms with Crippen LogP contribution in [0.4, 0.5) is 0 Å². The van der Waals surface area contributed by atoms with Gasteiger partial charge >= 0.3 is 11.9 Å². The quantitative estimate of drug-likeness (QED) is 0.628. The van der Waals surface area contributed by atoms with Crippen LogP contribution in [0.5, 0.6) is 0 Å². The zero-order chi connectivity index (χ0) is 16.8. The van der Waals surface area contributed by atoms with Crippen molar-refractivity contribution in [2.45, 2.75) is 85.2 Å². The van der Waals surface area contributed by atoms with Crippen LogP contribution >= 0.6 is 0 Å². The molecule has 1 rings (SSSR count). The summed E-state index contributed by atoms with van der Waals surface area (Å²) in [4.78, 5) is 24.1. The van der Waals surface area contributed by atoms with Gasteiger partial charge in [-0.05, 0) is 51.9 Å². The topological polar surface area (TPSA) is 52.6 Å². The van der Waals surface area contributed by atoms with E-state index in [2.05, 4.69) is 13.8 Å². The second kappa shape index (κ2) is 7.98. The minimum absolute atomic E-state index is 0.281. The standard InChI is InChI=1S/C18H32O4/c1-6-17(4,5)16(20)21-13-15(19)22-18(7-2,8-3)14-11-9-10-12-14/h14H,6-13H2,1-5H3. The predicted octanol–water partition coefficient (Wildman–Crippen LogP) is 4.26. The minimum atomic E-state index is -0.557. The molecule has 0 amide bonds. The molecule has 0 N–H and O–H groups in total. The van der Waals surface area contributed by atoms with Crippen molar-refractivity contribution >= 4 is 11.9 Å². The second-order valence-electron chi connectivity index (χ2n) is 7.04. The molecule has 0 aliphatic heterocycles. The summed E-state index contributed by atoms with van der Waals surface area (Å²) in [7, 11) is 0. The molecule has 1 aliphatic carbocycles. The van der Waals surface area contributed by atoms with Crippen LogP contribution in [0.1, 0.15) is 79.6 Å². The maximum atomic E-state index is 12.2. The molecule has 0 aromatic heterocycles. The minimum Gasteiger partial charge on any atom is -0.456 e. The van der Waals surface area contributed by atoms with Crippen molar-refractivity contribution in [3.05, 3.63) is 0 Å². The zero-order valence-electron chi connectivity index (χ0n) is 14.9. The van der Waals surface area contributed by atoms with Crippen LogP contribution in [0.15, 0.2) is 0 Å². The molecule has 1 fully saturated rings. The van der Waals surface area contributed by atoms with E-state index in [-0.39, 0.29) is 18.2 Å². The number of ether oxygens (including phenoxy) is 2. The van der Waals surface area contributed by atoms with E-state index < -0.39 is 11.4 Å². The Labute approximate surface area is 134 Å². The molecule has 128 valence electrons. The molecule has 1 saturated carbocycles. The molecule has 0 aromatic rings. The molecule has 0 saturated heterocycles. The maximum absolute atomic E-state index is 12.2. The lowest BCUT2D eigenvalue weighted by atomic mass is 9.81. The van der Waals surface area contributed by atoms with Crippen molar-refractivity contribution in [2.75, 3.05) is 6.61 Å². The molecule has 22 heavy (non-hydrogen) atoms. The number of rotatable bonds is 8. The first kappa shape index (κ1) is 19.0. The summed E-state index contributed by atoms with van der Waals surface area (Å²) in [5, 5.41) is 0. The number of hydrogen-bond acceptors (Lipinski definition) is 4. The number of hydrogen-bond donors (Lipinski definition) is 0. The van der Waals surface area contributed by atoms with Gasteiger partial charge < -0.3 is 9.47 Å². The summed E-state index contributed by atoms with van der Waals surface area (Å²) in [5.74, 6) is -0.323. The van der Waals surface area contributed by atoms with Gasteiger partial charge in [0.1, 0.15) is 5.60 Å². The molecule has 1 aliphatic rings. The lowest BCUT2D eigenvalue weighted by molar-refractivity contribution is -0.179. The Balaban J connectivity index is 2.59. The van der Waals surface area contributed by atoms with Crippen LogP contribution in [0.2, 0.25) is 0 Å². The van der Waals surface area contributed by atoms with E-state index >= 15 is 0 Å². The summed E-state index contributed by atoms with van der Waals surface area (Å²) in [6, 6.07) is 0. The van der Waals surface area contributed by atoms with Crippen molar-refractivity contribution in [1.82, 2.24) is 0 Å². The number of esters is 2. The van der Waals surface area contributed by atoms with Gasteiger partial charge in [-0.3, -0.25) is 4.79 Å². The summed E-state index contributed by atoms with van der Waals surface area (Å²) in [6.07, 6.45) is 6.97. The fourth-order valence-electron chi connectivity index (χ4n) is 3.23. The molecule has 0 heterocycles. The van der Waals surface area contributed by atoms with Gasteiger partial charge in [0.05, 0.1) is 5.41 Å². The highest BCUT2D eigenvalue weighted by Crippen LogP contribution is 2.40. The Bertz CT molecular complexity index is 377. The fraction of sp³-hybridized carbons (Fsp3) is 0.889. The van der Waals surface area contributed by atoms with Crippen LogP contribution in [0.25, 0.3) is 0 Å². The summed E-state index contributed by atoms with van der Waals surface area (Å²) in [5.41, 5.74) is -0.946. The van der Waals surface area contributed by atoms with Crippen molar-refractivity contribution in [3.8, 4) is 0 Å². The lowest BCUT2D eigenvalue weighted by Gasteiger charge is -2.37. The molecule has 0 spiro atoms. The second-order valence-corrected chi connectivity index (χ2v) is 7.04. The molecular weight excluding hydrogens is 280 g/mol. The number of carbonyl (C=O) groups is 2. The molecule has 4 nitrogen and oxygen atoms in total. The Hall–Kier alpha value is -1.06. The zero-order valence-corrected chi connectivity index (χ0v) is 14.9. The van der Waals surface area contributed by atoms with E-state index in [1.807, 2.05) is 20.8 Å². The van der Waals surface area contributed by atoms with E-state index in [1.54, 1.807) is 0 Å². The summed E-state index contributed by atoms with van der Waals surface area (Å²) >= 11 is 0. The highest BCUT2D eigenvalue weighted by molar-refractivity contribution is 5.79. The van der Waals surface area contributed by atoms with Gasteiger partial charge in [-0.1, -0.05) is 33.6 Å². The molecule has 0 atom stereocenters. The van der Waals surface area contributed by atoms with Gasteiger partial charge in [0.2, 0.25) is 0 Å². The van der Waals surface area contributed by atoms with Crippen LogP contribution < -0.4 is 0 Å².